The molecule has 190 valence electrons. The zero-order valence-corrected chi connectivity index (χ0v) is 22.0. The predicted octanol–water partition coefficient (Wildman–Crippen LogP) is 5.16. The average molecular weight is 510 g/mol. The molecule has 1 amide bonds. The van der Waals surface area contributed by atoms with Gasteiger partial charge in [0, 0.05) is 5.56 Å². The van der Waals surface area contributed by atoms with Gasteiger partial charge in [-0.3, -0.25) is 4.90 Å². The molecule has 0 bridgehead atoms. The van der Waals surface area contributed by atoms with Crippen LogP contribution in [0.15, 0.2) is 71.9 Å². The molecule has 1 fully saturated rings. The van der Waals surface area contributed by atoms with Crippen LogP contribution >= 0.6 is 0 Å². The van der Waals surface area contributed by atoms with Gasteiger partial charge in [0.1, 0.15) is 17.4 Å². The summed E-state index contributed by atoms with van der Waals surface area (Å²) in [5.74, 6) is -0.242. The second-order valence-electron chi connectivity index (χ2n) is 10.2. The van der Waals surface area contributed by atoms with Crippen molar-refractivity contribution in [2.75, 3.05) is 6.61 Å². The second-order valence-corrected chi connectivity index (χ2v) is 12.1. The molecule has 2 heterocycles. The Morgan fingerprint density at radius 3 is 2.28 bits per heavy atom. The quantitative estimate of drug-likeness (QED) is 0.438. The van der Waals surface area contributed by atoms with E-state index in [1.807, 2.05) is 36.4 Å². The van der Waals surface area contributed by atoms with E-state index < -0.39 is 33.3 Å². The first-order valence-electron chi connectivity index (χ1n) is 11.7. The van der Waals surface area contributed by atoms with E-state index in [0.29, 0.717) is 17.0 Å². The molecule has 1 aliphatic heterocycles. The molecule has 8 nitrogen and oxygen atoms in total. The molecule has 0 N–H and O–H groups in total. The zero-order valence-electron chi connectivity index (χ0n) is 21.1. The molecule has 2 aromatic carbocycles. The average Bonchev–Trinajstić information content (AvgIpc) is 3.14. The minimum Gasteiger partial charge on any atom is -0.444 e. The van der Waals surface area contributed by atoms with E-state index in [9.17, 15) is 13.2 Å². The first-order valence-corrected chi connectivity index (χ1v) is 13.4. The number of amides is 1. The highest BCUT2D eigenvalue weighted by Crippen LogP contribution is 2.38. The van der Waals surface area contributed by atoms with Crippen LogP contribution in [0.25, 0.3) is 11.3 Å². The van der Waals surface area contributed by atoms with Crippen LogP contribution in [0.1, 0.15) is 51.9 Å². The van der Waals surface area contributed by atoms with Gasteiger partial charge in [-0.2, -0.15) is 0 Å². The van der Waals surface area contributed by atoms with E-state index in [0.717, 1.165) is 5.56 Å². The van der Waals surface area contributed by atoms with Gasteiger partial charge in [-0.15, -0.1) is 0 Å². The van der Waals surface area contributed by atoms with Crippen molar-refractivity contribution in [1.82, 2.24) is 14.9 Å². The summed E-state index contributed by atoms with van der Waals surface area (Å²) in [6.07, 6.45) is -0.566. The third kappa shape index (κ3) is 5.74. The number of ether oxygens (including phenoxy) is 2. The number of carbonyl (C=O) groups is 1. The van der Waals surface area contributed by atoms with Gasteiger partial charge in [0.05, 0.1) is 23.7 Å². The summed E-state index contributed by atoms with van der Waals surface area (Å²) >= 11 is 0. The Hall–Kier alpha value is -3.30. The lowest BCUT2D eigenvalue weighted by atomic mass is 10.1. The Labute approximate surface area is 212 Å². The fraction of sp³-hybridized carbons (Fsp3) is 0.370. The molecular formula is C27H31N3O5S. The summed E-state index contributed by atoms with van der Waals surface area (Å²) in [5, 5.41) is -0.295. The molecule has 0 aliphatic carbocycles. The molecule has 36 heavy (non-hydrogen) atoms. The topological polar surface area (TPSA) is 98.7 Å². The second kappa shape index (κ2) is 9.63. The molecule has 4 rings (SSSR count). The van der Waals surface area contributed by atoms with Crippen molar-refractivity contribution in [3.05, 3.63) is 78.0 Å². The number of hydrogen-bond acceptors (Lipinski definition) is 7. The maximum Gasteiger partial charge on any atom is 0.413 e. The van der Waals surface area contributed by atoms with Crippen LogP contribution in [-0.2, 0) is 25.1 Å². The van der Waals surface area contributed by atoms with Gasteiger partial charge in [0.2, 0.25) is 15.0 Å². The summed E-state index contributed by atoms with van der Waals surface area (Å²) in [6, 6.07) is 19.2. The van der Waals surface area contributed by atoms with Crippen LogP contribution in [0.4, 0.5) is 4.79 Å². The number of rotatable bonds is 5. The number of sulfone groups is 1. The van der Waals surface area contributed by atoms with E-state index in [-0.39, 0.29) is 17.5 Å². The molecule has 3 aromatic rings. The summed E-state index contributed by atoms with van der Waals surface area (Å²) in [4.78, 5) is 23.6. The van der Waals surface area contributed by atoms with Crippen molar-refractivity contribution >= 4 is 15.9 Å². The minimum atomic E-state index is -3.89. The highest BCUT2D eigenvalue weighted by molar-refractivity contribution is 7.90. The first-order chi connectivity index (χ1) is 16.9. The van der Waals surface area contributed by atoms with E-state index >= 15 is 0 Å². The van der Waals surface area contributed by atoms with E-state index in [1.54, 1.807) is 65.0 Å². The summed E-state index contributed by atoms with van der Waals surface area (Å²) in [6.45, 7) is 9.03. The Kier molecular flexibility index (Phi) is 6.90. The van der Waals surface area contributed by atoms with Gasteiger partial charge in [-0.1, -0.05) is 60.7 Å². The molecule has 1 aromatic heterocycles. The van der Waals surface area contributed by atoms with Crippen LogP contribution in [0, 0.1) is 0 Å². The Balaban J connectivity index is 1.81. The zero-order chi connectivity index (χ0) is 26.1. The van der Waals surface area contributed by atoms with Crippen molar-refractivity contribution in [3.63, 3.8) is 0 Å². The SMILES string of the molecule is CC(C)(C)OC(=O)N1[C@@H](c2cc(-c3ccccc3)nc(S(=O)(=O)Cc3ccccc3)n2)COC1(C)C. The Morgan fingerprint density at radius 1 is 1.06 bits per heavy atom. The number of hydrogen-bond donors (Lipinski definition) is 0. The molecule has 0 unspecified atom stereocenters. The largest absolute Gasteiger partial charge is 0.444 e. The van der Waals surface area contributed by atoms with Crippen molar-refractivity contribution in [3.8, 4) is 11.3 Å². The first kappa shape index (κ1) is 25.8. The minimum absolute atomic E-state index is 0.135. The van der Waals surface area contributed by atoms with E-state index in [2.05, 4.69) is 9.97 Å². The van der Waals surface area contributed by atoms with Crippen LogP contribution in [-0.4, -0.2) is 47.3 Å². The molecule has 9 heteroatoms. The van der Waals surface area contributed by atoms with Crippen LogP contribution in [0.3, 0.4) is 0 Å². The number of nitrogens with zero attached hydrogens (tertiary/aromatic N) is 3. The summed E-state index contributed by atoms with van der Waals surface area (Å²) in [7, 11) is -3.89. The molecule has 1 saturated heterocycles. The van der Waals surface area contributed by atoms with Crippen LogP contribution in [0.2, 0.25) is 0 Å². The highest BCUT2D eigenvalue weighted by Gasteiger charge is 2.47. The molecular weight excluding hydrogens is 478 g/mol. The number of aromatic nitrogens is 2. The molecule has 0 radical (unpaired) electrons. The molecule has 0 saturated carbocycles. The lowest BCUT2D eigenvalue weighted by Gasteiger charge is -2.35. The fourth-order valence-corrected chi connectivity index (χ4v) is 5.29. The van der Waals surface area contributed by atoms with Gasteiger partial charge in [0.25, 0.3) is 0 Å². The maximum absolute atomic E-state index is 13.4. The third-order valence-electron chi connectivity index (χ3n) is 5.69. The third-order valence-corrected chi connectivity index (χ3v) is 7.14. The van der Waals surface area contributed by atoms with Gasteiger partial charge >= 0.3 is 6.09 Å². The molecule has 1 atom stereocenters. The van der Waals surface area contributed by atoms with E-state index in [1.165, 1.54) is 4.90 Å². The standard InChI is InChI=1S/C27H31N3O5S/c1-26(2,3)35-25(31)30-23(17-34-27(30,4)5)22-16-21(20-14-10-7-11-15-20)28-24(29-22)36(32,33)18-19-12-8-6-9-13-19/h6-16,23H,17-18H2,1-5H3/t23-/m1/s1. The van der Waals surface area contributed by atoms with Crippen molar-refractivity contribution in [2.24, 2.45) is 0 Å². The molecule has 0 spiro atoms. The lowest BCUT2D eigenvalue weighted by Crippen LogP contribution is -2.47. The summed E-state index contributed by atoms with van der Waals surface area (Å²) in [5.41, 5.74) is 0.486. The van der Waals surface area contributed by atoms with Gasteiger partial charge in [0.15, 0.2) is 0 Å². The van der Waals surface area contributed by atoms with E-state index in [4.69, 9.17) is 9.47 Å². The fourth-order valence-electron chi connectivity index (χ4n) is 4.05. The van der Waals surface area contributed by atoms with Crippen molar-refractivity contribution in [1.29, 1.82) is 0 Å². The van der Waals surface area contributed by atoms with Crippen LogP contribution < -0.4 is 0 Å². The van der Waals surface area contributed by atoms with Gasteiger partial charge in [-0.25, -0.2) is 23.2 Å². The smallest absolute Gasteiger partial charge is 0.413 e. The molecule has 1 aliphatic rings. The van der Waals surface area contributed by atoms with Crippen molar-refractivity contribution < 1.29 is 22.7 Å². The van der Waals surface area contributed by atoms with Crippen molar-refractivity contribution in [2.45, 2.75) is 62.9 Å². The monoisotopic (exact) mass is 509 g/mol. The number of benzene rings is 2. The van der Waals surface area contributed by atoms with Crippen LogP contribution in [0.5, 0.6) is 0 Å². The van der Waals surface area contributed by atoms with Gasteiger partial charge < -0.3 is 9.47 Å². The lowest BCUT2D eigenvalue weighted by molar-refractivity contribution is -0.0627. The number of carbonyl (C=O) groups excluding carboxylic acids is 1. The highest BCUT2D eigenvalue weighted by atomic mass is 32.2. The Bertz CT molecular complexity index is 1340. The predicted molar refractivity (Wildman–Crippen MR) is 136 cm³/mol. The Morgan fingerprint density at radius 2 is 1.67 bits per heavy atom. The summed E-state index contributed by atoms with van der Waals surface area (Å²) < 4.78 is 38.4. The maximum atomic E-state index is 13.4. The van der Waals surface area contributed by atoms with Gasteiger partial charge in [-0.05, 0) is 46.2 Å². The normalized spacial score (nSPS) is 17.7.